The first-order chi connectivity index (χ1) is 4.04. The zero-order valence-corrected chi connectivity index (χ0v) is 6.02. The van der Waals surface area contributed by atoms with Gasteiger partial charge in [0.05, 0.1) is 5.92 Å². The minimum absolute atomic E-state index is 0.481. The van der Waals surface area contributed by atoms with E-state index in [-0.39, 0.29) is 0 Å². The Kier molecular flexibility index (Phi) is 3.39. The van der Waals surface area contributed by atoms with E-state index < -0.39 is 12.0 Å². The third-order valence-electron chi connectivity index (χ3n) is 1.03. The molecule has 0 radical (unpaired) electrons. The van der Waals surface area contributed by atoms with Gasteiger partial charge in [0, 0.05) is 6.54 Å². The van der Waals surface area contributed by atoms with E-state index in [1.165, 1.54) is 0 Å². The maximum atomic E-state index is 11.8. The number of carbonyl (C=O) groups excluding carboxylic acids is 1. The molecule has 0 amide bonds. The minimum atomic E-state index is -1.23. The largest absolute Gasteiger partial charge is 0.309 e. The average Bonchev–Trinajstić information content (AvgIpc) is 1.63. The smallest absolute Gasteiger partial charge is 0.305 e. The van der Waals surface area contributed by atoms with Crippen molar-refractivity contribution >= 4 is 6.04 Å². The first kappa shape index (κ1) is 8.56. The summed E-state index contributed by atoms with van der Waals surface area (Å²) in [6.07, 6.45) is 0. The molecule has 1 unspecified atom stereocenters. The van der Waals surface area contributed by atoms with E-state index in [1.807, 2.05) is 0 Å². The van der Waals surface area contributed by atoms with E-state index >= 15 is 0 Å². The molecule has 0 aromatic heterocycles. The van der Waals surface area contributed by atoms with Crippen molar-refractivity contribution in [3.63, 3.8) is 0 Å². The molecule has 1 atom stereocenters. The Balaban J connectivity index is 3.50. The molecular weight excluding hydrogens is 121 g/mol. The molecule has 0 aromatic rings. The fourth-order valence-corrected chi connectivity index (χ4v) is 0.619. The molecule has 0 aliphatic heterocycles. The molecule has 2 nitrogen and oxygen atoms in total. The predicted octanol–water partition coefficient (Wildman–Crippen LogP) is 0.680. The van der Waals surface area contributed by atoms with E-state index in [9.17, 15) is 9.18 Å². The SMILES string of the molecule is CC(CN(C)C)C(=O)F. The number of halogens is 1. The van der Waals surface area contributed by atoms with Crippen LogP contribution in [0.5, 0.6) is 0 Å². The summed E-state index contributed by atoms with van der Waals surface area (Å²) in [6, 6.07) is -1.23. The van der Waals surface area contributed by atoms with Crippen LogP contribution in [0.25, 0.3) is 0 Å². The summed E-state index contributed by atoms with van der Waals surface area (Å²) >= 11 is 0. The molecule has 0 aliphatic rings. The van der Waals surface area contributed by atoms with E-state index in [0.717, 1.165) is 0 Å². The van der Waals surface area contributed by atoms with Crippen LogP contribution in [0, 0.1) is 5.92 Å². The molecule has 0 spiro atoms. The molecule has 0 heterocycles. The Hall–Kier alpha value is -0.440. The van der Waals surface area contributed by atoms with Crippen molar-refractivity contribution in [2.24, 2.45) is 5.92 Å². The lowest BCUT2D eigenvalue weighted by atomic mass is 10.2. The van der Waals surface area contributed by atoms with Gasteiger partial charge in [0.15, 0.2) is 0 Å². The highest BCUT2D eigenvalue weighted by atomic mass is 19.1. The summed E-state index contributed by atoms with van der Waals surface area (Å²) in [5, 5.41) is 0. The van der Waals surface area contributed by atoms with Gasteiger partial charge in [-0.1, -0.05) is 6.92 Å². The summed E-state index contributed by atoms with van der Waals surface area (Å²) in [7, 11) is 3.61. The second kappa shape index (κ2) is 3.56. The van der Waals surface area contributed by atoms with Crippen molar-refractivity contribution in [3.05, 3.63) is 0 Å². The van der Waals surface area contributed by atoms with Gasteiger partial charge in [-0.3, -0.25) is 4.79 Å². The molecule has 0 fully saturated rings. The summed E-state index contributed by atoms with van der Waals surface area (Å²) in [5.74, 6) is -0.486. The van der Waals surface area contributed by atoms with Crippen molar-refractivity contribution in [2.45, 2.75) is 6.92 Å². The number of hydrogen-bond acceptors (Lipinski definition) is 2. The zero-order chi connectivity index (χ0) is 7.44. The van der Waals surface area contributed by atoms with Crippen molar-refractivity contribution < 1.29 is 9.18 Å². The van der Waals surface area contributed by atoms with Gasteiger partial charge in [0.25, 0.3) is 0 Å². The van der Waals surface area contributed by atoms with Crippen LogP contribution in [0.3, 0.4) is 0 Å². The van der Waals surface area contributed by atoms with Gasteiger partial charge >= 0.3 is 6.04 Å². The molecule has 0 rings (SSSR count). The Morgan fingerprint density at radius 3 is 2.22 bits per heavy atom. The molecule has 0 saturated heterocycles. The molecule has 3 heteroatoms. The lowest BCUT2D eigenvalue weighted by Crippen LogP contribution is -2.23. The minimum Gasteiger partial charge on any atom is -0.309 e. The Bertz CT molecular complexity index is 103. The van der Waals surface area contributed by atoms with Crippen LogP contribution in [0.4, 0.5) is 4.39 Å². The molecule has 0 bridgehead atoms. The summed E-state index contributed by atoms with van der Waals surface area (Å²) in [5.41, 5.74) is 0. The lowest BCUT2D eigenvalue weighted by molar-refractivity contribution is -0.133. The van der Waals surface area contributed by atoms with Crippen LogP contribution in [-0.2, 0) is 4.79 Å². The maximum absolute atomic E-state index is 11.8. The fraction of sp³-hybridized carbons (Fsp3) is 0.833. The quantitative estimate of drug-likeness (QED) is 0.528. The standard InChI is InChI=1S/C6H12FNO/c1-5(6(7)9)4-8(2)3/h5H,4H2,1-3H3. The molecule has 54 valence electrons. The highest BCUT2D eigenvalue weighted by molar-refractivity contribution is 5.70. The number of carbonyl (C=O) groups is 1. The highest BCUT2D eigenvalue weighted by Crippen LogP contribution is 1.97. The van der Waals surface area contributed by atoms with Crippen LogP contribution >= 0.6 is 0 Å². The monoisotopic (exact) mass is 133 g/mol. The molecule has 0 N–H and O–H groups in total. The molecule has 9 heavy (non-hydrogen) atoms. The van der Waals surface area contributed by atoms with Crippen LogP contribution in [-0.4, -0.2) is 31.6 Å². The Labute approximate surface area is 54.7 Å². The van der Waals surface area contributed by atoms with Crippen LogP contribution in [0.15, 0.2) is 0 Å². The fourth-order valence-electron chi connectivity index (χ4n) is 0.619. The van der Waals surface area contributed by atoms with Gasteiger partial charge < -0.3 is 4.90 Å². The van der Waals surface area contributed by atoms with Gasteiger partial charge in [-0.15, -0.1) is 0 Å². The van der Waals surface area contributed by atoms with Crippen molar-refractivity contribution in [1.82, 2.24) is 4.90 Å². The average molecular weight is 133 g/mol. The molecule has 0 aromatic carbocycles. The van der Waals surface area contributed by atoms with Gasteiger partial charge in [0.1, 0.15) is 0 Å². The molecule has 0 saturated carbocycles. The van der Waals surface area contributed by atoms with Crippen molar-refractivity contribution in [3.8, 4) is 0 Å². The van der Waals surface area contributed by atoms with Gasteiger partial charge in [-0.05, 0) is 14.1 Å². The van der Waals surface area contributed by atoms with Gasteiger partial charge in [-0.25, -0.2) is 0 Å². The topological polar surface area (TPSA) is 20.3 Å². The number of nitrogens with zero attached hydrogens (tertiary/aromatic N) is 1. The predicted molar refractivity (Wildman–Crippen MR) is 33.8 cm³/mol. The van der Waals surface area contributed by atoms with E-state index in [4.69, 9.17) is 0 Å². The summed E-state index contributed by atoms with van der Waals surface area (Å²) in [6.45, 7) is 2.05. The first-order valence-electron chi connectivity index (χ1n) is 2.88. The number of rotatable bonds is 3. The lowest BCUT2D eigenvalue weighted by Gasteiger charge is -2.11. The van der Waals surface area contributed by atoms with E-state index in [0.29, 0.717) is 6.54 Å². The second-order valence-corrected chi connectivity index (χ2v) is 2.47. The summed E-state index contributed by atoms with van der Waals surface area (Å²) < 4.78 is 11.8. The highest BCUT2D eigenvalue weighted by Gasteiger charge is 2.11. The van der Waals surface area contributed by atoms with E-state index in [1.54, 1.807) is 25.9 Å². The maximum Gasteiger partial charge on any atom is 0.305 e. The third kappa shape index (κ3) is 4.09. The molecular formula is C6H12FNO. The Morgan fingerprint density at radius 2 is 2.11 bits per heavy atom. The summed E-state index contributed by atoms with van der Waals surface area (Å²) in [4.78, 5) is 11.8. The van der Waals surface area contributed by atoms with Crippen molar-refractivity contribution in [2.75, 3.05) is 20.6 Å². The van der Waals surface area contributed by atoms with Crippen LogP contribution < -0.4 is 0 Å². The Morgan fingerprint density at radius 1 is 1.67 bits per heavy atom. The van der Waals surface area contributed by atoms with Gasteiger partial charge in [-0.2, -0.15) is 4.39 Å². The van der Waals surface area contributed by atoms with Crippen LogP contribution in [0.2, 0.25) is 0 Å². The first-order valence-corrected chi connectivity index (χ1v) is 2.88. The van der Waals surface area contributed by atoms with Crippen molar-refractivity contribution in [1.29, 1.82) is 0 Å². The third-order valence-corrected chi connectivity index (χ3v) is 1.03. The normalized spacial score (nSPS) is 13.9. The van der Waals surface area contributed by atoms with E-state index in [2.05, 4.69) is 0 Å². The van der Waals surface area contributed by atoms with Gasteiger partial charge in [0.2, 0.25) is 0 Å². The van der Waals surface area contributed by atoms with Crippen LogP contribution in [0.1, 0.15) is 6.92 Å². The second-order valence-electron chi connectivity index (χ2n) is 2.47. The zero-order valence-electron chi connectivity index (χ0n) is 6.02. The number of hydrogen-bond donors (Lipinski definition) is 0. The molecule has 0 aliphatic carbocycles.